The second kappa shape index (κ2) is 5.25. The van der Waals surface area contributed by atoms with Crippen LogP contribution in [0.1, 0.15) is 26.3 Å². The molecule has 1 heterocycles. The Morgan fingerprint density at radius 2 is 1.94 bits per heavy atom. The summed E-state index contributed by atoms with van der Waals surface area (Å²) >= 11 is 0. The van der Waals surface area contributed by atoms with Gasteiger partial charge in [0.1, 0.15) is 0 Å². The van der Waals surface area contributed by atoms with Crippen molar-refractivity contribution in [3.63, 3.8) is 0 Å². The van der Waals surface area contributed by atoms with Gasteiger partial charge in [-0.25, -0.2) is 4.79 Å². The number of rotatable bonds is 3. The maximum atomic E-state index is 11.4. The third kappa shape index (κ3) is 3.41. The molecule has 0 amide bonds. The van der Waals surface area contributed by atoms with Gasteiger partial charge >= 0.3 is 5.69 Å². The topological polar surface area (TPSA) is 89.6 Å². The molecule has 0 aliphatic rings. The van der Waals surface area contributed by atoms with Gasteiger partial charge in [0, 0.05) is 11.9 Å². The van der Waals surface area contributed by atoms with E-state index < -0.39 is 11.2 Å². The largest absolute Gasteiger partial charge is 0.325 e. The summed E-state index contributed by atoms with van der Waals surface area (Å²) < 4.78 is 0. The highest BCUT2D eigenvalue weighted by molar-refractivity contribution is 5.99. The summed E-state index contributed by atoms with van der Waals surface area (Å²) in [6.07, 6.45) is 4.62. The number of H-pyrrole nitrogens is 2. The van der Waals surface area contributed by atoms with Crippen LogP contribution in [0.5, 0.6) is 0 Å². The first-order valence-corrected chi connectivity index (χ1v) is 5.15. The van der Waals surface area contributed by atoms with E-state index in [1.54, 1.807) is 19.1 Å². The van der Waals surface area contributed by atoms with Gasteiger partial charge in [0.2, 0.25) is 0 Å². The van der Waals surface area contributed by atoms with Crippen LogP contribution in [0.2, 0.25) is 0 Å². The van der Waals surface area contributed by atoms with Crippen LogP contribution in [0.15, 0.2) is 33.0 Å². The normalized spacial score (nSPS) is 10.5. The molecule has 17 heavy (non-hydrogen) atoms. The van der Waals surface area contributed by atoms with Gasteiger partial charge in [-0.05, 0) is 32.4 Å². The highest BCUT2D eigenvalue weighted by Gasteiger charge is 1.99. The number of allylic oxidation sites excluding steroid dienone is 3. The fourth-order valence-electron chi connectivity index (χ4n) is 1.38. The molecule has 0 fully saturated rings. The third-order valence-electron chi connectivity index (χ3n) is 2.22. The molecule has 3 N–H and O–H groups in total. The van der Waals surface area contributed by atoms with Gasteiger partial charge in [0.25, 0.3) is 5.56 Å². The van der Waals surface area contributed by atoms with E-state index in [9.17, 15) is 9.59 Å². The molecule has 1 aromatic rings. The predicted molar refractivity (Wildman–Crippen MR) is 68.5 cm³/mol. The van der Waals surface area contributed by atoms with Gasteiger partial charge in [0.05, 0.1) is 5.56 Å². The number of aromatic nitrogens is 2. The molecule has 5 heteroatoms. The van der Waals surface area contributed by atoms with E-state index in [4.69, 9.17) is 5.41 Å². The highest BCUT2D eigenvalue weighted by atomic mass is 16.2. The van der Waals surface area contributed by atoms with Crippen molar-refractivity contribution < 1.29 is 0 Å². The number of nitrogens with one attached hydrogen (secondary N) is 3. The van der Waals surface area contributed by atoms with Crippen molar-refractivity contribution in [3.8, 4) is 0 Å². The average molecular weight is 233 g/mol. The molecule has 0 spiro atoms. The van der Waals surface area contributed by atoms with Gasteiger partial charge in [0.15, 0.2) is 0 Å². The van der Waals surface area contributed by atoms with Gasteiger partial charge in [-0.3, -0.25) is 9.78 Å². The Morgan fingerprint density at radius 3 is 2.41 bits per heavy atom. The summed E-state index contributed by atoms with van der Waals surface area (Å²) in [5.41, 5.74) is 1.58. The number of aromatic amines is 2. The molecule has 0 saturated carbocycles. The lowest BCUT2D eigenvalue weighted by atomic mass is 10.1. The van der Waals surface area contributed by atoms with Crippen molar-refractivity contribution in [2.45, 2.75) is 20.8 Å². The van der Waals surface area contributed by atoms with Crippen LogP contribution in [-0.4, -0.2) is 15.7 Å². The smallest absolute Gasteiger partial charge is 0.314 e. The molecule has 0 bridgehead atoms. The first-order valence-electron chi connectivity index (χ1n) is 5.15. The van der Waals surface area contributed by atoms with Crippen LogP contribution in [0, 0.1) is 5.41 Å². The molecule has 5 nitrogen and oxygen atoms in total. The Balaban J connectivity index is 3.14. The van der Waals surface area contributed by atoms with Crippen LogP contribution >= 0.6 is 0 Å². The minimum atomic E-state index is -0.530. The second-order valence-electron chi connectivity index (χ2n) is 3.90. The van der Waals surface area contributed by atoms with E-state index in [2.05, 4.69) is 9.97 Å². The van der Waals surface area contributed by atoms with Crippen molar-refractivity contribution in [2.75, 3.05) is 0 Å². The minimum Gasteiger partial charge on any atom is -0.314 e. The molecule has 0 aliphatic heterocycles. The third-order valence-corrected chi connectivity index (χ3v) is 2.22. The summed E-state index contributed by atoms with van der Waals surface area (Å²) in [7, 11) is 0. The van der Waals surface area contributed by atoms with E-state index in [1.807, 2.05) is 13.8 Å². The van der Waals surface area contributed by atoms with Crippen LogP contribution in [0.3, 0.4) is 0 Å². The first kappa shape index (κ1) is 12.9. The molecule has 0 saturated heterocycles. The van der Waals surface area contributed by atoms with Gasteiger partial charge in [-0.2, -0.15) is 0 Å². The summed E-state index contributed by atoms with van der Waals surface area (Å²) in [6.45, 7) is 5.48. The molecular formula is C12H15N3O2. The second-order valence-corrected chi connectivity index (χ2v) is 3.90. The zero-order valence-electron chi connectivity index (χ0n) is 10.0. The van der Waals surface area contributed by atoms with Crippen LogP contribution < -0.4 is 11.2 Å². The van der Waals surface area contributed by atoms with Crippen LogP contribution in [0.25, 0.3) is 6.08 Å². The molecule has 0 aliphatic carbocycles. The van der Waals surface area contributed by atoms with Crippen molar-refractivity contribution in [1.82, 2.24) is 9.97 Å². The summed E-state index contributed by atoms with van der Waals surface area (Å²) in [6, 6.07) is 0. The van der Waals surface area contributed by atoms with Gasteiger partial charge in [-0.15, -0.1) is 0 Å². The van der Waals surface area contributed by atoms with E-state index in [1.165, 1.54) is 6.20 Å². The lowest BCUT2D eigenvalue weighted by Crippen LogP contribution is -2.22. The number of hydrogen-bond acceptors (Lipinski definition) is 3. The quantitative estimate of drug-likeness (QED) is 0.545. The molecule has 0 unspecified atom stereocenters. The van der Waals surface area contributed by atoms with Crippen molar-refractivity contribution in [1.29, 1.82) is 5.41 Å². The highest BCUT2D eigenvalue weighted by Crippen LogP contribution is 2.08. The fourth-order valence-corrected chi connectivity index (χ4v) is 1.38. The summed E-state index contributed by atoms with van der Waals surface area (Å²) in [5, 5.41) is 7.58. The Bertz CT molecular complexity index is 599. The monoisotopic (exact) mass is 233 g/mol. The van der Waals surface area contributed by atoms with Crippen LogP contribution in [0.4, 0.5) is 0 Å². The molecule has 1 rings (SSSR count). The average Bonchev–Trinajstić information content (AvgIpc) is 2.20. The lowest BCUT2D eigenvalue weighted by Gasteiger charge is -2.01. The Hall–Kier alpha value is -2.17. The fraction of sp³-hybridized carbons (Fsp3) is 0.250. The van der Waals surface area contributed by atoms with Crippen molar-refractivity contribution in [3.05, 3.63) is 49.8 Å². The zero-order valence-corrected chi connectivity index (χ0v) is 10.0. The molecular weight excluding hydrogens is 218 g/mol. The maximum Gasteiger partial charge on any atom is 0.325 e. The van der Waals surface area contributed by atoms with E-state index in [-0.39, 0.29) is 0 Å². The Morgan fingerprint density at radius 1 is 1.29 bits per heavy atom. The molecule has 1 aromatic heterocycles. The molecule has 0 aromatic carbocycles. The Labute approximate surface area is 98.4 Å². The van der Waals surface area contributed by atoms with Crippen molar-refractivity contribution in [2.24, 2.45) is 0 Å². The molecule has 0 atom stereocenters. The van der Waals surface area contributed by atoms with E-state index in [0.717, 1.165) is 11.1 Å². The lowest BCUT2D eigenvalue weighted by molar-refractivity contribution is 1.03. The minimum absolute atomic E-state index is 0.351. The van der Waals surface area contributed by atoms with E-state index >= 15 is 0 Å². The van der Waals surface area contributed by atoms with Crippen molar-refractivity contribution >= 4 is 11.8 Å². The molecule has 90 valence electrons. The zero-order chi connectivity index (χ0) is 13.0. The summed E-state index contributed by atoms with van der Waals surface area (Å²) in [4.78, 5) is 26.7. The maximum absolute atomic E-state index is 11.4. The summed E-state index contributed by atoms with van der Waals surface area (Å²) in [5.74, 6) is 0. The van der Waals surface area contributed by atoms with Gasteiger partial charge in [-0.1, -0.05) is 11.6 Å². The predicted octanol–water partition coefficient (Wildman–Crippen LogP) is 1.45. The number of hydrogen-bond donors (Lipinski definition) is 3. The SMILES string of the molecule is CC(=N)C(C=Cc1c[nH]c(=O)[nH]c1=O)=C(C)C. The van der Waals surface area contributed by atoms with E-state index in [0.29, 0.717) is 11.3 Å². The van der Waals surface area contributed by atoms with Gasteiger partial charge < -0.3 is 10.4 Å². The molecule has 0 radical (unpaired) electrons. The first-order chi connectivity index (χ1) is 7.91. The standard InChI is InChI=1S/C12H15N3O2/c1-7(2)10(8(3)13)5-4-9-6-14-12(17)15-11(9)16/h4-6,13H,1-3H3,(H2,14,15,16,17). The van der Waals surface area contributed by atoms with Crippen LogP contribution in [-0.2, 0) is 0 Å². The Kier molecular flexibility index (Phi) is 3.98.